The van der Waals surface area contributed by atoms with Crippen molar-refractivity contribution in [2.45, 2.75) is 13.0 Å². The number of carbonyl (C=O) groups is 1. The molecule has 0 fully saturated rings. The molecule has 1 aromatic carbocycles. The quantitative estimate of drug-likeness (QED) is 0.689. The fraction of sp³-hybridized carbons (Fsp3) is 0.125. The van der Waals surface area contributed by atoms with Crippen molar-refractivity contribution in [2.75, 3.05) is 0 Å². The molecule has 2 rings (SSSR count). The molecule has 1 atom stereocenters. The lowest BCUT2D eigenvalue weighted by atomic mass is 10.1. The summed E-state index contributed by atoms with van der Waals surface area (Å²) in [5.74, 6) is -0.350. The van der Waals surface area contributed by atoms with Gasteiger partial charge in [0.05, 0.1) is 6.04 Å². The number of benzene rings is 1. The molecule has 1 heterocycles. The van der Waals surface area contributed by atoms with Crippen LogP contribution in [0.4, 0.5) is 0 Å². The summed E-state index contributed by atoms with van der Waals surface area (Å²) < 4.78 is 0. The Bertz CT molecular complexity index is 639. The third kappa shape index (κ3) is 3.56. The highest BCUT2D eigenvalue weighted by atomic mass is 32.1. The summed E-state index contributed by atoms with van der Waals surface area (Å²) in [7, 11) is 0. The van der Waals surface area contributed by atoms with Crippen LogP contribution in [-0.4, -0.2) is 5.91 Å². The van der Waals surface area contributed by atoms with Gasteiger partial charge in [-0.05, 0) is 30.0 Å². The zero-order valence-electron chi connectivity index (χ0n) is 11.0. The van der Waals surface area contributed by atoms with Crippen LogP contribution in [0.25, 0.3) is 6.08 Å². The summed E-state index contributed by atoms with van der Waals surface area (Å²) in [6.07, 6.45) is 1.61. The standard InChI is InChI=1S/C16H14N2OS/c1-12(13-6-3-2-4-7-13)18-16(19)14(11-17)10-15-8-5-9-20-15/h2-10,12H,1H3,(H,18,19)/b14-10+. The van der Waals surface area contributed by atoms with Crippen LogP contribution in [0.5, 0.6) is 0 Å². The number of nitrogens with one attached hydrogen (secondary N) is 1. The number of hydrogen-bond donors (Lipinski definition) is 1. The summed E-state index contributed by atoms with van der Waals surface area (Å²) in [5.41, 5.74) is 1.13. The first-order valence-corrected chi connectivity index (χ1v) is 7.10. The molecule has 0 radical (unpaired) electrons. The lowest BCUT2D eigenvalue weighted by molar-refractivity contribution is -0.117. The summed E-state index contributed by atoms with van der Waals surface area (Å²) in [6, 6.07) is 15.2. The molecule has 2 aromatic rings. The molecule has 100 valence electrons. The van der Waals surface area contributed by atoms with Crippen molar-refractivity contribution >= 4 is 23.3 Å². The van der Waals surface area contributed by atoms with Crippen LogP contribution in [0.2, 0.25) is 0 Å². The molecular weight excluding hydrogens is 268 g/mol. The number of nitrogens with zero attached hydrogens (tertiary/aromatic N) is 1. The van der Waals surface area contributed by atoms with Crippen LogP contribution < -0.4 is 5.32 Å². The number of hydrogen-bond acceptors (Lipinski definition) is 3. The largest absolute Gasteiger partial charge is 0.345 e. The Hall–Kier alpha value is -2.38. The number of carbonyl (C=O) groups excluding carboxylic acids is 1. The molecule has 1 unspecified atom stereocenters. The van der Waals surface area contributed by atoms with Crippen LogP contribution in [0.1, 0.15) is 23.4 Å². The van der Waals surface area contributed by atoms with Crippen LogP contribution in [0, 0.1) is 11.3 Å². The van der Waals surface area contributed by atoms with E-state index < -0.39 is 0 Å². The van der Waals surface area contributed by atoms with Gasteiger partial charge in [-0.3, -0.25) is 4.79 Å². The van der Waals surface area contributed by atoms with Gasteiger partial charge in [-0.1, -0.05) is 36.4 Å². The lowest BCUT2D eigenvalue weighted by Gasteiger charge is -2.13. The topological polar surface area (TPSA) is 52.9 Å². The minimum atomic E-state index is -0.350. The van der Waals surface area contributed by atoms with Crippen molar-refractivity contribution in [2.24, 2.45) is 0 Å². The second-order valence-electron chi connectivity index (χ2n) is 4.29. The first kappa shape index (κ1) is 14.0. The van der Waals surface area contributed by atoms with Crippen molar-refractivity contribution in [1.82, 2.24) is 5.32 Å². The van der Waals surface area contributed by atoms with Gasteiger partial charge in [0, 0.05) is 4.88 Å². The van der Waals surface area contributed by atoms with Gasteiger partial charge in [-0.15, -0.1) is 11.3 Å². The Kier molecular flexibility index (Phi) is 4.70. The predicted molar refractivity (Wildman–Crippen MR) is 80.9 cm³/mol. The van der Waals surface area contributed by atoms with Gasteiger partial charge in [-0.25, -0.2) is 0 Å². The van der Waals surface area contributed by atoms with Gasteiger partial charge in [0.2, 0.25) is 0 Å². The molecule has 20 heavy (non-hydrogen) atoms. The van der Waals surface area contributed by atoms with Crippen molar-refractivity contribution in [3.05, 3.63) is 63.9 Å². The zero-order valence-corrected chi connectivity index (χ0v) is 11.9. The Balaban J connectivity index is 2.09. The Labute approximate surface area is 122 Å². The van der Waals surface area contributed by atoms with E-state index in [0.29, 0.717) is 0 Å². The fourth-order valence-electron chi connectivity index (χ4n) is 1.76. The van der Waals surface area contributed by atoms with Gasteiger partial charge in [0.25, 0.3) is 5.91 Å². The van der Waals surface area contributed by atoms with Gasteiger partial charge in [-0.2, -0.15) is 5.26 Å². The molecule has 1 aromatic heterocycles. The highest BCUT2D eigenvalue weighted by Gasteiger charge is 2.13. The monoisotopic (exact) mass is 282 g/mol. The Morgan fingerprint density at radius 2 is 2.05 bits per heavy atom. The smallest absolute Gasteiger partial charge is 0.262 e. The predicted octanol–water partition coefficient (Wildman–Crippen LogP) is 3.53. The summed E-state index contributed by atoms with van der Waals surface area (Å²) >= 11 is 1.49. The van der Waals surface area contributed by atoms with Gasteiger partial charge < -0.3 is 5.32 Å². The summed E-state index contributed by atoms with van der Waals surface area (Å²) in [6.45, 7) is 1.90. The normalized spacial score (nSPS) is 12.5. The second-order valence-corrected chi connectivity index (χ2v) is 5.27. The number of nitriles is 1. The minimum absolute atomic E-state index is 0.121. The van der Waals surface area contributed by atoms with E-state index in [9.17, 15) is 4.79 Å². The van der Waals surface area contributed by atoms with E-state index in [1.165, 1.54) is 11.3 Å². The maximum atomic E-state index is 12.1. The lowest BCUT2D eigenvalue weighted by Crippen LogP contribution is -2.27. The SMILES string of the molecule is CC(NC(=O)/C(C#N)=C/c1cccs1)c1ccccc1. The molecule has 0 aliphatic carbocycles. The number of amides is 1. The Morgan fingerprint density at radius 3 is 2.65 bits per heavy atom. The van der Waals surface area contributed by atoms with E-state index in [1.54, 1.807) is 6.08 Å². The average Bonchev–Trinajstić information content (AvgIpc) is 2.98. The number of rotatable bonds is 4. The Morgan fingerprint density at radius 1 is 1.30 bits per heavy atom. The third-order valence-corrected chi connectivity index (χ3v) is 3.66. The van der Waals surface area contributed by atoms with Crippen LogP contribution in [-0.2, 0) is 4.79 Å². The maximum absolute atomic E-state index is 12.1. The van der Waals surface area contributed by atoms with Crippen molar-refractivity contribution < 1.29 is 4.79 Å². The van der Waals surface area contributed by atoms with E-state index in [-0.39, 0.29) is 17.5 Å². The minimum Gasteiger partial charge on any atom is -0.345 e. The maximum Gasteiger partial charge on any atom is 0.262 e. The molecule has 0 spiro atoms. The molecule has 0 aliphatic heterocycles. The van der Waals surface area contributed by atoms with E-state index >= 15 is 0 Å². The van der Waals surface area contributed by atoms with E-state index in [4.69, 9.17) is 5.26 Å². The second kappa shape index (κ2) is 6.69. The van der Waals surface area contributed by atoms with Gasteiger partial charge >= 0.3 is 0 Å². The molecule has 1 N–H and O–H groups in total. The highest BCUT2D eigenvalue weighted by molar-refractivity contribution is 7.10. The molecule has 1 amide bonds. The zero-order chi connectivity index (χ0) is 14.4. The molecule has 4 heteroatoms. The fourth-order valence-corrected chi connectivity index (χ4v) is 2.42. The molecule has 0 saturated carbocycles. The van der Waals surface area contributed by atoms with Crippen molar-refractivity contribution in [3.63, 3.8) is 0 Å². The van der Waals surface area contributed by atoms with E-state index in [1.807, 2.05) is 60.8 Å². The number of thiophene rings is 1. The summed E-state index contributed by atoms with van der Waals surface area (Å²) in [4.78, 5) is 13.0. The molecular formula is C16H14N2OS. The first-order chi connectivity index (χ1) is 9.70. The average molecular weight is 282 g/mol. The van der Waals surface area contributed by atoms with Gasteiger partial charge in [0.15, 0.2) is 0 Å². The molecule has 0 saturated heterocycles. The first-order valence-electron chi connectivity index (χ1n) is 6.22. The van der Waals surface area contributed by atoms with Crippen molar-refractivity contribution in [3.8, 4) is 6.07 Å². The van der Waals surface area contributed by atoms with Crippen molar-refractivity contribution in [1.29, 1.82) is 5.26 Å². The van der Waals surface area contributed by atoms with Crippen LogP contribution in [0.15, 0.2) is 53.4 Å². The highest BCUT2D eigenvalue weighted by Crippen LogP contribution is 2.15. The van der Waals surface area contributed by atoms with E-state index in [2.05, 4.69) is 5.32 Å². The van der Waals surface area contributed by atoms with E-state index in [0.717, 1.165) is 10.4 Å². The van der Waals surface area contributed by atoms with Crippen LogP contribution >= 0.6 is 11.3 Å². The molecule has 3 nitrogen and oxygen atoms in total. The van der Waals surface area contributed by atoms with Crippen LogP contribution in [0.3, 0.4) is 0 Å². The molecule has 0 bridgehead atoms. The third-order valence-electron chi connectivity index (χ3n) is 2.84. The summed E-state index contributed by atoms with van der Waals surface area (Å²) in [5, 5.41) is 13.8. The van der Waals surface area contributed by atoms with Gasteiger partial charge in [0.1, 0.15) is 11.6 Å². The molecule has 0 aliphatic rings.